The van der Waals surface area contributed by atoms with Crippen molar-refractivity contribution in [1.29, 1.82) is 0 Å². The van der Waals surface area contributed by atoms with E-state index in [1.54, 1.807) is 6.33 Å². The molecule has 0 saturated carbocycles. The zero-order chi connectivity index (χ0) is 17.7. The van der Waals surface area contributed by atoms with Crippen LogP contribution in [-0.2, 0) is 6.42 Å². The van der Waals surface area contributed by atoms with Crippen molar-refractivity contribution in [3.05, 3.63) is 48.3 Å². The maximum absolute atomic E-state index is 10.4. The van der Waals surface area contributed by atoms with Crippen LogP contribution in [0.2, 0.25) is 0 Å². The van der Waals surface area contributed by atoms with Crippen molar-refractivity contribution in [3.8, 4) is 0 Å². The summed E-state index contributed by atoms with van der Waals surface area (Å²) < 4.78 is 0. The predicted octanol–water partition coefficient (Wildman–Crippen LogP) is 3.12. The molecule has 2 unspecified atom stereocenters. The topological polar surface area (TPSA) is 61.3 Å². The van der Waals surface area contributed by atoms with E-state index in [1.807, 2.05) is 31.2 Å². The van der Waals surface area contributed by atoms with Crippen molar-refractivity contribution >= 4 is 11.6 Å². The van der Waals surface area contributed by atoms with Crippen molar-refractivity contribution in [2.24, 2.45) is 5.41 Å². The Labute approximate surface area is 150 Å². The highest BCUT2D eigenvalue weighted by Gasteiger charge is 2.30. The van der Waals surface area contributed by atoms with Gasteiger partial charge in [0.05, 0.1) is 6.10 Å². The van der Waals surface area contributed by atoms with Crippen molar-refractivity contribution in [1.82, 2.24) is 9.97 Å². The van der Waals surface area contributed by atoms with E-state index in [0.717, 1.165) is 31.1 Å². The summed E-state index contributed by atoms with van der Waals surface area (Å²) in [6.45, 7) is 6.75. The minimum absolute atomic E-state index is 0.278. The van der Waals surface area contributed by atoms with Crippen LogP contribution in [0.3, 0.4) is 0 Å². The molecule has 0 amide bonds. The number of hydrogen-bond donors (Lipinski definition) is 2. The lowest BCUT2D eigenvalue weighted by molar-refractivity contribution is 0.0619. The molecule has 0 radical (unpaired) electrons. The molecule has 0 spiro atoms. The van der Waals surface area contributed by atoms with E-state index < -0.39 is 6.10 Å². The first-order valence-corrected chi connectivity index (χ1v) is 9.10. The van der Waals surface area contributed by atoms with Gasteiger partial charge in [-0.25, -0.2) is 9.97 Å². The second kappa shape index (κ2) is 7.83. The van der Waals surface area contributed by atoms with Gasteiger partial charge < -0.3 is 15.3 Å². The number of aliphatic hydroxyl groups excluding tert-OH is 1. The highest BCUT2D eigenvalue weighted by Crippen LogP contribution is 2.28. The minimum atomic E-state index is -0.430. The average Bonchev–Trinajstić information content (AvgIpc) is 3.16. The first-order valence-electron chi connectivity index (χ1n) is 9.10. The molecule has 1 aliphatic rings. The van der Waals surface area contributed by atoms with Gasteiger partial charge in [0.1, 0.15) is 18.0 Å². The lowest BCUT2D eigenvalue weighted by Crippen LogP contribution is -2.39. The summed E-state index contributed by atoms with van der Waals surface area (Å²) in [5, 5.41) is 13.8. The standard InChI is InChI=1S/C20H28N4O/c1-16(25)20(2,13-17-8-4-3-5-9-17)14-21-18-12-19(23-15-22-18)24-10-6-7-11-24/h3-5,8-9,12,15-16,25H,6-7,10-11,13-14H2,1-2H3,(H,21,22,23). The van der Waals surface area contributed by atoms with Crippen LogP contribution in [0.4, 0.5) is 11.6 Å². The van der Waals surface area contributed by atoms with Crippen molar-refractivity contribution < 1.29 is 5.11 Å². The molecule has 1 fully saturated rings. The zero-order valence-corrected chi connectivity index (χ0v) is 15.2. The molecule has 3 rings (SSSR count). The van der Waals surface area contributed by atoms with Crippen LogP contribution in [-0.4, -0.2) is 40.8 Å². The Morgan fingerprint density at radius 1 is 1.20 bits per heavy atom. The third-order valence-electron chi connectivity index (χ3n) is 5.22. The summed E-state index contributed by atoms with van der Waals surface area (Å²) in [6, 6.07) is 12.3. The zero-order valence-electron chi connectivity index (χ0n) is 15.2. The Morgan fingerprint density at radius 2 is 1.92 bits per heavy atom. The number of nitrogens with one attached hydrogen (secondary N) is 1. The van der Waals surface area contributed by atoms with Crippen molar-refractivity contribution in [3.63, 3.8) is 0 Å². The normalized spacial score (nSPS) is 18.0. The largest absolute Gasteiger partial charge is 0.393 e. The van der Waals surface area contributed by atoms with Crippen molar-refractivity contribution in [2.75, 3.05) is 29.9 Å². The fourth-order valence-corrected chi connectivity index (χ4v) is 3.28. The monoisotopic (exact) mass is 340 g/mol. The Hall–Kier alpha value is -2.14. The summed E-state index contributed by atoms with van der Waals surface area (Å²) in [6.07, 6.45) is 4.45. The molecule has 2 atom stereocenters. The first-order chi connectivity index (χ1) is 12.1. The van der Waals surface area contributed by atoms with Crippen LogP contribution in [0, 0.1) is 5.41 Å². The van der Waals surface area contributed by atoms with Gasteiger partial charge in [-0.3, -0.25) is 0 Å². The summed E-state index contributed by atoms with van der Waals surface area (Å²) in [5.74, 6) is 1.80. The van der Waals surface area contributed by atoms with Crippen LogP contribution in [0.1, 0.15) is 32.3 Å². The predicted molar refractivity (Wildman–Crippen MR) is 102 cm³/mol. The molecule has 1 aromatic heterocycles. The molecule has 2 aromatic rings. The Bertz CT molecular complexity index is 670. The third-order valence-corrected chi connectivity index (χ3v) is 5.22. The molecular weight excluding hydrogens is 312 g/mol. The highest BCUT2D eigenvalue weighted by atomic mass is 16.3. The molecule has 25 heavy (non-hydrogen) atoms. The van der Waals surface area contributed by atoms with Gasteiger partial charge in [-0.15, -0.1) is 0 Å². The van der Waals surface area contributed by atoms with Crippen LogP contribution < -0.4 is 10.2 Å². The van der Waals surface area contributed by atoms with Gasteiger partial charge >= 0.3 is 0 Å². The molecule has 0 aliphatic carbocycles. The van der Waals surface area contributed by atoms with E-state index in [4.69, 9.17) is 0 Å². The quantitative estimate of drug-likeness (QED) is 0.811. The van der Waals surface area contributed by atoms with E-state index in [1.165, 1.54) is 18.4 Å². The smallest absolute Gasteiger partial charge is 0.134 e. The number of aliphatic hydroxyl groups is 1. The maximum Gasteiger partial charge on any atom is 0.134 e. The fourth-order valence-electron chi connectivity index (χ4n) is 3.28. The highest BCUT2D eigenvalue weighted by molar-refractivity contribution is 5.49. The number of anilines is 2. The Morgan fingerprint density at radius 3 is 2.60 bits per heavy atom. The third kappa shape index (κ3) is 4.48. The second-order valence-corrected chi connectivity index (χ2v) is 7.30. The number of benzene rings is 1. The number of rotatable bonds is 7. The van der Waals surface area contributed by atoms with Crippen molar-refractivity contribution in [2.45, 2.75) is 39.2 Å². The molecule has 0 bridgehead atoms. The Kier molecular flexibility index (Phi) is 5.53. The summed E-state index contributed by atoms with van der Waals surface area (Å²) in [4.78, 5) is 11.0. The molecule has 1 aromatic carbocycles. The van der Waals surface area contributed by atoms with Gasteiger partial charge in [-0.05, 0) is 31.7 Å². The van der Waals surface area contributed by atoms with Gasteiger partial charge in [-0.1, -0.05) is 37.3 Å². The summed E-state index contributed by atoms with van der Waals surface area (Å²) >= 11 is 0. The SMILES string of the molecule is CC(O)C(C)(CNc1cc(N2CCCC2)ncn1)Cc1ccccc1. The summed E-state index contributed by atoms with van der Waals surface area (Å²) in [7, 11) is 0. The van der Waals surface area contributed by atoms with E-state index in [0.29, 0.717) is 6.54 Å². The van der Waals surface area contributed by atoms with Crippen LogP contribution in [0.25, 0.3) is 0 Å². The molecule has 5 heteroatoms. The molecule has 1 aliphatic heterocycles. The van der Waals surface area contributed by atoms with Crippen LogP contribution >= 0.6 is 0 Å². The lowest BCUT2D eigenvalue weighted by atomic mass is 9.79. The first kappa shape index (κ1) is 17.7. The molecule has 1 saturated heterocycles. The van der Waals surface area contributed by atoms with E-state index >= 15 is 0 Å². The van der Waals surface area contributed by atoms with E-state index in [-0.39, 0.29) is 5.41 Å². The molecular formula is C20H28N4O. The van der Waals surface area contributed by atoms with E-state index in [9.17, 15) is 5.11 Å². The van der Waals surface area contributed by atoms with Gasteiger partial charge in [-0.2, -0.15) is 0 Å². The number of nitrogens with zero attached hydrogens (tertiary/aromatic N) is 3. The number of aromatic nitrogens is 2. The van der Waals surface area contributed by atoms with Crippen LogP contribution in [0.15, 0.2) is 42.7 Å². The maximum atomic E-state index is 10.4. The second-order valence-electron chi connectivity index (χ2n) is 7.30. The number of hydrogen-bond acceptors (Lipinski definition) is 5. The van der Waals surface area contributed by atoms with Gasteiger partial charge in [0.2, 0.25) is 0 Å². The summed E-state index contributed by atoms with van der Waals surface area (Å²) in [5.41, 5.74) is 0.952. The molecule has 2 N–H and O–H groups in total. The fraction of sp³-hybridized carbons (Fsp3) is 0.500. The van der Waals surface area contributed by atoms with E-state index in [2.05, 4.69) is 39.2 Å². The minimum Gasteiger partial charge on any atom is -0.393 e. The average molecular weight is 340 g/mol. The van der Waals surface area contributed by atoms with Gasteiger partial charge in [0, 0.05) is 31.1 Å². The molecule has 2 heterocycles. The van der Waals surface area contributed by atoms with Gasteiger partial charge in [0.15, 0.2) is 0 Å². The lowest BCUT2D eigenvalue weighted by Gasteiger charge is -2.33. The molecule has 134 valence electrons. The Balaban J connectivity index is 1.68. The van der Waals surface area contributed by atoms with Gasteiger partial charge in [0.25, 0.3) is 0 Å². The molecule has 5 nitrogen and oxygen atoms in total. The van der Waals surface area contributed by atoms with Crippen LogP contribution in [0.5, 0.6) is 0 Å².